The molecule has 3 nitrogen and oxygen atoms in total. The Kier molecular flexibility index (Phi) is 3.08. The van der Waals surface area contributed by atoms with Crippen LogP contribution in [0.4, 0.5) is 0 Å². The van der Waals surface area contributed by atoms with Crippen molar-refractivity contribution in [2.45, 2.75) is 37.8 Å². The molecule has 2 aliphatic heterocycles. The van der Waals surface area contributed by atoms with E-state index < -0.39 is 0 Å². The lowest BCUT2D eigenvalue weighted by atomic mass is 9.94. The van der Waals surface area contributed by atoms with Gasteiger partial charge in [0.15, 0.2) is 0 Å². The predicted molar refractivity (Wildman–Crippen MR) is 71.3 cm³/mol. The monoisotopic (exact) mass is 244 g/mol. The lowest BCUT2D eigenvalue weighted by Gasteiger charge is -2.35. The summed E-state index contributed by atoms with van der Waals surface area (Å²) in [6.45, 7) is 0.816. The maximum atomic E-state index is 12.1. The van der Waals surface area contributed by atoms with Gasteiger partial charge >= 0.3 is 0 Å². The van der Waals surface area contributed by atoms with Crippen LogP contribution in [0.3, 0.4) is 0 Å². The topological polar surface area (TPSA) is 32.3 Å². The summed E-state index contributed by atoms with van der Waals surface area (Å²) in [7, 11) is 1.98. The number of piperidine rings is 1. The predicted octanol–water partition coefficient (Wildman–Crippen LogP) is 1.88. The number of carbonyl (C=O) groups is 1. The summed E-state index contributed by atoms with van der Waals surface area (Å²) in [5, 5.41) is 3.36. The van der Waals surface area contributed by atoms with Crippen LogP contribution in [-0.4, -0.2) is 30.4 Å². The molecule has 0 radical (unpaired) electrons. The Morgan fingerprint density at radius 3 is 3.00 bits per heavy atom. The molecule has 3 rings (SSSR count). The first-order valence-electron chi connectivity index (χ1n) is 6.84. The average molecular weight is 244 g/mol. The number of nitrogens with one attached hydrogen (secondary N) is 1. The smallest absolute Gasteiger partial charge is 0.222 e. The molecule has 1 amide bonds. The van der Waals surface area contributed by atoms with Crippen molar-refractivity contribution in [2.24, 2.45) is 0 Å². The molecule has 1 aromatic rings. The Morgan fingerprint density at radius 2 is 2.17 bits per heavy atom. The van der Waals surface area contributed by atoms with Gasteiger partial charge in [0, 0.05) is 25.0 Å². The number of nitrogens with zero attached hydrogens (tertiary/aromatic N) is 1. The largest absolute Gasteiger partial charge is 0.337 e. The molecule has 2 atom stereocenters. The fourth-order valence-electron chi connectivity index (χ4n) is 3.31. The lowest BCUT2D eigenvalue weighted by molar-refractivity contribution is -0.136. The van der Waals surface area contributed by atoms with E-state index in [1.807, 2.05) is 7.05 Å². The van der Waals surface area contributed by atoms with Crippen molar-refractivity contribution in [3.8, 4) is 0 Å². The molecule has 0 saturated carbocycles. The van der Waals surface area contributed by atoms with Gasteiger partial charge in [-0.25, -0.2) is 0 Å². The molecule has 1 aromatic carbocycles. The SMILES string of the molecule is CNC1CN2C(=O)CCCC2Cc2ccccc21. The Bertz CT molecular complexity index is 458. The van der Waals surface area contributed by atoms with Crippen LogP contribution in [0.5, 0.6) is 0 Å². The van der Waals surface area contributed by atoms with Gasteiger partial charge in [-0.1, -0.05) is 24.3 Å². The van der Waals surface area contributed by atoms with Gasteiger partial charge in [0.2, 0.25) is 5.91 Å². The highest BCUT2D eigenvalue weighted by molar-refractivity contribution is 5.77. The van der Waals surface area contributed by atoms with Crippen LogP contribution in [0.25, 0.3) is 0 Å². The molecule has 0 aliphatic carbocycles. The van der Waals surface area contributed by atoms with E-state index in [1.54, 1.807) is 0 Å². The third-order valence-corrected chi connectivity index (χ3v) is 4.30. The van der Waals surface area contributed by atoms with Gasteiger partial charge < -0.3 is 10.2 Å². The second-order valence-corrected chi connectivity index (χ2v) is 5.34. The second kappa shape index (κ2) is 4.73. The zero-order valence-corrected chi connectivity index (χ0v) is 10.9. The number of benzene rings is 1. The van der Waals surface area contributed by atoms with Gasteiger partial charge in [-0.3, -0.25) is 4.79 Å². The number of carbonyl (C=O) groups excluding carboxylic acids is 1. The molecule has 2 aliphatic rings. The van der Waals surface area contributed by atoms with Gasteiger partial charge in [-0.05, 0) is 37.4 Å². The maximum Gasteiger partial charge on any atom is 0.222 e. The summed E-state index contributed by atoms with van der Waals surface area (Å²) in [6, 6.07) is 9.28. The van der Waals surface area contributed by atoms with Crippen LogP contribution in [0, 0.1) is 0 Å². The molecule has 0 spiro atoms. The maximum absolute atomic E-state index is 12.1. The van der Waals surface area contributed by atoms with E-state index in [9.17, 15) is 4.79 Å². The lowest BCUT2D eigenvalue weighted by Crippen LogP contribution is -2.46. The van der Waals surface area contributed by atoms with E-state index in [2.05, 4.69) is 34.5 Å². The first-order valence-corrected chi connectivity index (χ1v) is 6.84. The zero-order chi connectivity index (χ0) is 12.5. The highest BCUT2D eigenvalue weighted by atomic mass is 16.2. The van der Waals surface area contributed by atoms with E-state index in [0.29, 0.717) is 11.9 Å². The van der Waals surface area contributed by atoms with Gasteiger partial charge in [-0.15, -0.1) is 0 Å². The van der Waals surface area contributed by atoms with Crippen LogP contribution in [0.1, 0.15) is 36.4 Å². The minimum atomic E-state index is 0.272. The van der Waals surface area contributed by atoms with Crippen molar-refractivity contribution < 1.29 is 4.79 Å². The Hall–Kier alpha value is -1.35. The summed E-state index contributed by atoms with van der Waals surface area (Å²) in [5.41, 5.74) is 2.77. The second-order valence-electron chi connectivity index (χ2n) is 5.34. The minimum absolute atomic E-state index is 0.272. The van der Waals surface area contributed by atoms with Gasteiger partial charge in [0.25, 0.3) is 0 Å². The number of rotatable bonds is 1. The molecule has 18 heavy (non-hydrogen) atoms. The Morgan fingerprint density at radius 1 is 1.33 bits per heavy atom. The summed E-state index contributed by atoms with van der Waals surface area (Å²) in [5.74, 6) is 0.333. The normalized spacial score (nSPS) is 27.4. The molecule has 96 valence electrons. The molecule has 1 N–H and O–H groups in total. The van der Waals surface area contributed by atoms with Crippen molar-refractivity contribution in [1.82, 2.24) is 10.2 Å². The van der Waals surface area contributed by atoms with E-state index in [-0.39, 0.29) is 6.04 Å². The van der Waals surface area contributed by atoms with Crippen LogP contribution in [0.15, 0.2) is 24.3 Å². The fraction of sp³-hybridized carbons (Fsp3) is 0.533. The van der Waals surface area contributed by atoms with E-state index >= 15 is 0 Å². The summed E-state index contributed by atoms with van der Waals surface area (Å²) in [6.07, 6.45) is 3.94. The molecule has 3 heteroatoms. The van der Waals surface area contributed by atoms with Crippen molar-refractivity contribution >= 4 is 5.91 Å². The zero-order valence-electron chi connectivity index (χ0n) is 10.9. The van der Waals surface area contributed by atoms with E-state index in [0.717, 1.165) is 32.2 Å². The minimum Gasteiger partial charge on any atom is -0.337 e. The quantitative estimate of drug-likeness (QED) is 0.818. The number of likely N-dealkylation sites (N-methyl/N-ethyl adjacent to an activating group) is 1. The Labute approximate surface area is 108 Å². The molecule has 0 aromatic heterocycles. The van der Waals surface area contributed by atoms with Crippen LogP contribution in [-0.2, 0) is 11.2 Å². The van der Waals surface area contributed by atoms with E-state index in [1.165, 1.54) is 11.1 Å². The first kappa shape index (κ1) is 11.7. The molecule has 2 unspecified atom stereocenters. The third-order valence-electron chi connectivity index (χ3n) is 4.30. The van der Waals surface area contributed by atoms with Crippen LogP contribution >= 0.6 is 0 Å². The highest BCUT2D eigenvalue weighted by Gasteiger charge is 2.33. The number of fused-ring (bicyclic) bond motifs is 2. The molecular weight excluding hydrogens is 224 g/mol. The van der Waals surface area contributed by atoms with Gasteiger partial charge in [-0.2, -0.15) is 0 Å². The molecule has 0 bridgehead atoms. The van der Waals surface area contributed by atoms with Gasteiger partial charge in [0.1, 0.15) is 0 Å². The standard InChI is InChI=1S/C15H20N2O/c1-16-14-10-17-12(6-4-8-15(17)18)9-11-5-2-3-7-13(11)14/h2-3,5,7,12,14,16H,4,6,8-10H2,1H3. The van der Waals surface area contributed by atoms with Crippen molar-refractivity contribution in [1.29, 1.82) is 0 Å². The first-order chi connectivity index (χ1) is 8.79. The number of hydrogen-bond donors (Lipinski definition) is 1. The van der Waals surface area contributed by atoms with Crippen molar-refractivity contribution in [3.05, 3.63) is 35.4 Å². The van der Waals surface area contributed by atoms with E-state index in [4.69, 9.17) is 0 Å². The summed E-state index contributed by atoms with van der Waals surface area (Å²) >= 11 is 0. The fourth-order valence-corrected chi connectivity index (χ4v) is 3.31. The highest BCUT2D eigenvalue weighted by Crippen LogP contribution is 2.31. The summed E-state index contributed by atoms with van der Waals surface area (Å²) < 4.78 is 0. The van der Waals surface area contributed by atoms with Crippen LogP contribution in [0.2, 0.25) is 0 Å². The van der Waals surface area contributed by atoms with Crippen molar-refractivity contribution in [3.63, 3.8) is 0 Å². The number of hydrogen-bond acceptors (Lipinski definition) is 2. The third kappa shape index (κ3) is 1.93. The Balaban J connectivity index is 1.98. The van der Waals surface area contributed by atoms with Crippen molar-refractivity contribution in [2.75, 3.05) is 13.6 Å². The van der Waals surface area contributed by atoms with Crippen LogP contribution < -0.4 is 5.32 Å². The number of amides is 1. The van der Waals surface area contributed by atoms with Gasteiger partial charge in [0.05, 0.1) is 0 Å². The summed E-state index contributed by atoms with van der Waals surface area (Å²) in [4.78, 5) is 14.2. The molecule has 1 fully saturated rings. The average Bonchev–Trinajstić information content (AvgIpc) is 2.55. The molecule has 2 heterocycles. The molecule has 1 saturated heterocycles. The molecular formula is C15H20N2O.